The van der Waals surface area contributed by atoms with E-state index in [1.807, 2.05) is 6.92 Å². The third-order valence-corrected chi connectivity index (χ3v) is 7.94. The van der Waals surface area contributed by atoms with Crippen LogP contribution in [0.3, 0.4) is 0 Å². The van der Waals surface area contributed by atoms with E-state index in [2.05, 4.69) is 6.92 Å². The summed E-state index contributed by atoms with van der Waals surface area (Å²) in [6.07, 6.45) is 14.6. The van der Waals surface area contributed by atoms with Crippen molar-refractivity contribution < 1.29 is 18.6 Å². The molecule has 0 radical (unpaired) electrons. The van der Waals surface area contributed by atoms with Crippen molar-refractivity contribution >= 4 is 18.6 Å². The zero-order valence-corrected chi connectivity index (χ0v) is 19.7. The van der Waals surface area contributed by atoms with Gasteiger partial charge in [0.15, 0.2) is 0 Å². The van der Waals surface area contributed by atoms with E-state index >= 15 is 0 Å². The van der Waals surface area contributed by atoms with E-state index in [1.165, 1.54) is 58.5 Å². The van der Waals surface area contributed by atoms with Gasteiger partial charge in [0.05, 0.1) is 17.5 Å². The topological polar surface area (TPSA) is 52.6 Å². The quantitative estimate of drug-likeness (QED) is 0.152. The highest BCUT2D eigenvalue weighted by molar-refractivity contribution is 7.67. The fourth-order valence-corrected chi connectivity index (χ4v) is 5.65. The number of carbonyl (C=O) groups excluding carboxylic acids is 1. The van der Waals surface area contributed by atoms with Crippen molar-refractivity contribution in [1.29, 1.82) is 0 Å². The number of hydrogen-bond acceptors (Lipinski definition) is 4. The molecule has 5 heteroatoms. The zero-order valence-electron chi connectivity index (χ0n) is 18.8. The molecule has 0 saturated heterocycles. The summed E-state index contributed by atoms with van der Waals surface area (Å²) >= 11 is 0. The number of esters is 1. The molecule has 4 nitrogen and oxygen atoms in total. The smallest absolute Gasteiger partial charge is 0.338 e. The molecular formula is C24H41O4P. The highest BCUT2D eigenvalue weighted by atomic mass is 31.2. The van der Waals surface area contributed by atoms with Crippen molar-refractivity contribution in [3.63, 3.8) is 0 Å². The molecule has 0 fully saturated rings. The summed E-state index contributed by atoms with van der Waals surface area (Å²) in [4.78, 5) is 12.6. The van der Waals surface area contributed by atoms with Gasteiger partial charge in [-0.3, -0.25) is 4.57 Å². The van der Waals surface area contributed by atoms with Gasteiger partial charge in [-0.2, -0.15) is 0 Å². The Labute approximate surface area is 178 Å². The molecule has 0 N–H and O–H groups in total. The Morgan fingerprint density at radius 3 is 1.97 bits per heavy atom. The van der Waals surface area contributed by atoms with Gasteiger partial charge >= 0.3 is 5.97 Å². The SMILES string of the molecule is CCCCCCCCCCCCOC(=O)c1ccccc1P(=O)(CCCC)OC. The third-order valence-electron chi connectivity index (χ3n) is 5.32. The Kier molecular flexibility index (Phi) is 14.0. The molecule has 1 unspecified atom stereocenters. The molecule has 0 saturated carbocycles. The Morgan fingerprint density at radius 2 is 1.38 bits per heavy atom. The Bertz CT molecular complexity index is 615. The fourth-order valence-electron chi connectivity index (χ4n) is 3.45. The first-order valence-corrected chi connectivity index (χ1v) is 13.3. The maximum atomic E-state index is 13.2. The standard InChI is InChI=1S/C24H41O4P/c1-4-6-8-9-10-11-12-13-14-17-20-28-24(25)22-18-15-16-19-23(22)29(26,27-3)21-7-5-2/h15-16,18-19H,4-14,17,20-21H2,1-3H3. The lowest BCUT2D eigenvalue weighted by Crippen LogP contribution is -2.20. The molecule has 0 aliphatic heterocycles. The van der Waals surface area contributed by atoms with Crippen molar-refractivity contribution in [1.82, 2.24) is 0 Å². The molecule has 0 heterocycles. The van der Waals surface area contributed by atoms with E-state index in [0.29, 0.717) is 23.6 Å². The molecule has 29 heavy (non-hydrogen) atoms. The minimum atomic E-state index is -3.03. The monoisotopic (exact) mass is 424 g/mol. The van der Waals surface area contributed by atoms with Crippen molar-refractivity contribution in [2.45, 2.75) is 90.9 Å². The average molecular weight is 425 g/mol. The largest absolute Gasteiger partial charge is 0.462 e. The lowest BCUT2D eigenvalue weighted by molar-refractivity contribution is 0.0499. The van der Waals surface area contributed by atoms with Crippen LogP contribution in [0.2, 0.25) is 0 Å². The summed E-state index contributed by atoms with van der Waals surface area (Å²) in [5, 5.41) is 0.490. The summed E-state index contributed by atoms with van der Waals surface area (Å²) in [6.45, 7) is 4.70. The Balaban J connectivity index is 2.37. The van der Waals surface area contributed by atoms with Gasteiger partial charge < -0.3 is 9.26 Å². The molecule has 166 valence electrons. The van der Waals surface area contributed by atoms with E-state index in [4.69, 9.17) is 9.26 Å². The highest BCUT2D eigenvalue weighted by Gasteiger charge is 2.29. The minimum absolute atomic E-state index is 0.376. The van der Waals surface area contributed by atoms with Gasteiger partial charge in [-0.15, -0.1) is 0 Å². The first kappa shape index (κ1) is 25.9. The molecular weight excluding hydrogens is 383 g/mol. The fraction of sp³-hybridized carbons (Fsp3) is 0.708. The maximum absolute atomic E-state index is 13.2. The molecule has 0 amide bonds. The molecule has 1 aromatic rings. The van der Waals surface area contributed by atoms with Crippen LogP contribution in [-0.2, 0) is 13.8 Å². The molecule has 0 bridgehead atoms. The van der Waals surface area contributed by atoms with Crippen molar-refractivity contribution in [2.24, 2.45) is 0 Å². The summed E-state index contributed by atoms with van der Waals surface area (Å²) < 4.78 is 24.0. The predicted molar refractivity (Wildman–Crippen MR) is 123 cm³/mol. The number of carbonyl (C=O) groups is 1. The maximum Gasteiger partial charge on any atom is 0.338 e. The Morgan fingerprint density at radius 1 is 0.828 bits per heavy atom. The third kappa shape index (κ3) is 9.96. The van der Waals surface area contributed by atoms with Crippen LogP contribution in [0.15, 0.2) is 24.3 Å². The number of unbranched alkanes of at least 4 members (excludes halogenated alkanes) is 10. The number of rotatable bonds is 17. The summed E-state index contributed by atoms with van der Waals surface area (Å²) in [5.41, 5.74) is 0.376. The zero-order chi connectivity index (χ0) is 21.4. The number of hydrogen-bond donors (Lipinski definition) is 0. The van der Waals surface area contributed by atoms with Gasteiger partial charge in [-0.05, 0) is 25.0 Å². The molecule has 1 atom stereocenters. The summed E-state index contributed by atoms with van der Waals surface area (Å²) in [6, 6.07) is 7.00. The van der Waals surface area contributed by atoms with Crippen LogP contribution < -0.4 is 5.30 Å². The van der Waals surface area contributed by atoms with Crippen LogP contribution in [0.25, 0.3) is 0 Å². The normalized spacial score (nSPS) is 13.2. The van der Waals surface area contributed by atoms with Gasteiger partial charge in [0.25, 0.3) is 0 Å². The second-order valence-electron chi connectivity index (χ2n) is 7.77. The van der Waals surface area contributed by atoms with Gasteiger partial charge in [0, 0.05) is 13.3 Å². The molecule has 1 rings (SSSR count). The van der Waals surface area contributed by atoms with Crippen LogP contribution >= 0.6 is 7.37 Å². The van der Waals surface area contributed by atoms with Crippen LogP contribution in [0.5, 0.6) is 0 Å². The second-order valence-corrected chi connectivity index (χ2v) is 10.4. The van der Waals surface area contributed by atoms with E-state index in [-0.39, 0.29) is 0 Å². The van der Waals surface area contributed by atoms with Crippen LogP contribution in [0.4, 0.5) is 0 Å². The molecule has 0 aromatic heterocycles. The first-order valence-electron chi connectivity index (χ1n) is 11.5. The van der Waals surface area contributed by atoms with Crippen molar-refractivity contribution in [3.8, 4) is 0 Å². The van der Waals surface area contributed by atoms with Gasteiger partial charge in [0.1, 0.15) is 0 Å². The van der Waals surface area contributed by atoms with Gasteiger partial charge in [-0.25, -0.2) is 4.79 Å². The predicted octanol–water partition coefficient (Wildman–Crippen LogP) is 7.11. The van der Waals surface area contributed by atoms with E-state index in [1.54, 1.807) is 24.3 Å². The molecule has 1 aromatic carbocycles. The van der Waals surface area contributed by atoms with Crippen molar-refractivity contribution in [2.75, 3.05) is 19.9 Å². The highest BCUT2D eigenvalue weighted by Crippen LogP contribution is 2.46. The molecule has 0 aliphatic rings. The number of benzene rings is 1. The van der Waals surface area contributed by atoms with Crippen LogP contribution in [0.1, 0.15) is 101 Å². The van der Waals surface area contributed by atoms with Gasteiger partial charge in [-0.1, -0.05) is 90.2 Å². The minimum Gasteiger partial charge on any atom is -0.462 e. The first-order chi connectivity index (χ1) is 14.1. The average Bonchev–Trinajstić information content (AvgIpc) is 2.75. The van der Waals surface area contributed by atoms with Crippen LogP contribution in [-0.4, -0.2) is 25.8 Å². The summed E-state index contributed by atoms with van der Waals surface area (Å²) in [7, 11) is -1.57. The lowest BCUT2D eigenvalue weighted by Gasteiger charge is -2.19. The van der Waals surface area contributed by atoms with E-state index in [0.717, 1.165) is 25.7 Å². The van der Waals surface area contributed by atoms with Crippen molar-refractivity contribution in [3.05, 3.63) is 29.8 Å². The lowest BCUT2D eigenvalue weighted by atomic mass is 10.1. The second kappa shape index (κ2) is 15.7. The van der Waals surface area contributed by atoms with E-state index < -0.39 is 13.3 Å². The Hall–Kier alpha value is -1.12. The van der Waals surface area contributed by atoms with E-state index in [9.17, 15) is 9.36 Å². The molecule has 0 aliphatic carbocycles. The van der Waals surface area contributed by atoms with Gasteiger partial charge in [0.2, 0.25) is 7.37 Å². The van der Waals surface area contributed by atoms with Crippen LogP contribution in [0, 0.1) is 0 Å². The molecule has 0 spiro atoms. The summed E-state index contributed by atoms with van der Waals surface area (Å²) in [5.74, 6) is -0.398. The number of ether oxygens (including phenoxy) is 1.